The Bertz CT molecular complexity index is 1150. The summed E-state index contributed by atoms with van der Waals surface area (Å²) in [5.74, 6) is -0.363. The predicted molar refractivity (Wildman–Crippen MR) is 113 cm³/mol. The Morgan fingerprint density at radius 1 is 1.03 bits per heavy atom. The third-order valence-corrected chi connectivity index (χ3v) is 7.58. The zero-order chi connectivity index (χ0) is 20.6. The zero-order valence-corrected chi connectivity index (χ0v) is 17.9. The lowest BCUT2D eigenvalue weighted by Crippen LogP contribution is -2.09. The van der Waals surface area contributed by atoms with Crippen molar-refractivity contribution in [3.8, 4) is 0 Å². The van der Waals surface area contributed by atoms with Crippen molar-refractivity contribution in [2.75, 3.05) is 12.0 Å². The highest BCUT2D eigenvalue weighted by atomic mass is 32.2. The minimum atomic E-state index is -3.24. The topological polar surface area (TPSA) is 39.1 Å². The number of sulfone groups is 1. The van der Waals surface area contributed by atoms with E-state index in [1.54, 1.807) is 6.07 Å². The Morgan fingerprint density at radius 3 is 2.48 bits per heavy atom. The van der Waals surface area contributed by atoms with Crippen LogP contribution in [0.3, 0.4) is 0 Å². The summed E-state index contributed by atoms with van der Waals surface area (Å²) in [7, 11) is -3.24. The molecule has 0 radical (unpaired) electrons. The maximum absolute atomic E-state index is 13.3. The first-order valence-corrected chi connectivity index (χ1v) is 12.6. The van der Waals surface area contributed by atoms with Gasteiger partial charge in [0.1, 0.15) is 11.6 Å². The van der Waals surface area contributed by atoms with Crippen LogP contribution in [-0.2, 0) is 29.2 Å². The van der Waals surface area contributed by atoms with E-state index in [-0.39, 0.29) is 0 Å². The van der Waals surface area contributed by atoms with Crippen LogP contribution in [0.4, 0.5) is 8.78 Å². The van der Waals surface area contributed by atoms with Gasteiger partial charge in [-0.1, -0.05) is 0 Å². The molecular weight excluding hydrogens is 412 g/mol. The fraction of sp³-hybridized carbons (Fsp3) is 0.364. The Labute approximate surface area is 174 Å². The number of nitrogens with zero attached hydrogens (tertiary/aromatic N) is 1. The molecular formula is C22H23F2NO2S2. The van der Waals surface area contributed by atoms with E-state index >= 15 is 0 Å². The fourth-order valence-electron chi connectivity index (χ4n) is 4.13. The van der Waals surface area contributed by atoms with Crippen LogP contribution >= 0.6 is 11.8 Å². The largest absolute Gasteiger partial charge is 0.344 e. The number of aromatic nitrogens is 1. The molecule has 3 aromatic rings. The van der Waals surface area contributed by atoms with Gasteiger partial charge in [-0.25, -0.2) is 17.2 Å². The lowest BCUT2D eigenvalue weighted by Gasteiger charge is -2.16. The summed E-state index contributed by atoms with van der Waals surface area (Å²) < 4.78 is 53.0. The van der Waals surface area contributed by atoms with Crippen molar-refractivity contribution in [2.24, 2.45) is 0 Å². The quantitative estimate of drug-likeness (QED) is 0.385. The molecule has 154 valence electrons. The Hall–Kier alpha value is -1.86. The number of thioether (sulfide) groups is 1. The number of hydrogen-bond donors (Lipinski definition) is 0. The number of halogens is 2. The van der Waals surface area contributed by atoms with E-state index in [1.807, 2.05) is 12.1 Å². The minimum absolute atomic E-state index is 0.360. The van der Waals surface area contributed by atoms with Crippen molar-refractivity contribution in [1.82, 2.24) is 4.57 Å². The molecule has 0 unspecified atom stereocenters. The third kappa shape index (κ3) is 4.36. The SMILES string of the molecule is CS(=O)(=O)c1ccc2c(c1)c1c(n2CCCSc2cc(F)cc(F)c2)CCCC1. The molecule has 1 aromatic heterocycles. The molecule has 1 aliphatic rings. The molecule has 0 amide bonds. The second kappa shape index (κ2) is 8.11. The molecule has 1 aliphatic carbocycles. The minimum Gasteiger partial charge on any atom is -0.344 e. The molecule has 2 aromatic carbocycles. The van der Waals surface area contributed by atoms with Crippen LogP contribution < -0.4 is 0 Å². The smallest absolute Gasteiger partial charge is 0.175 e. The lowest BCUT2D eigenvalue weighted by molar-refractivity contribution is 0.577. The molecule has 0 fully saturated rings. The second-order valence-electron chi connectivity index (χ2n) is 7.54. The number of benzene rings is 2. The van der Waals surface area contributed by atoms with Crippen molar-refractivity contribution >= 4 is 32.5 Å². The maximum atomic E-state index is 13.3. The van der Waals surface area contributed by atoms with Crippen LogP contribution in [0.2, 0.25) is 0 Å². The number of fused-ring (bicyclic) bond motifs is 3. The van der Waals surface area contributed by atoms with E-state index in [4.69, 9.17) is 0 Å². The van der Waals surface area contributed by atoms with Gasteiger partial charge in [0.05, 0.1) is 4.90 Å². The molecule has 0 saturated carbocycles. The first-order valence-electron chi connectivity index (χ1n) is 9.76. The highest BCUT2D eigenvalue weighted by Crippen LogP contribution is 2.34. The van der Waals surface area contributed by atoms with E-state index in [0.29, 0.717) is 9.79 Å². The van der Waals surface area contributed by atoms with Crippen molar-refractivity contribution in [2.45, 2.75) is 48.4 Å². The summed E-state index contributed by atoms with van der Waals surface area (Å²) >= 11 is 1.45. The molecule has 7 heteroatoms. The summed E-state index contributed by atoms with van der Waals surface area (Å²) in [5.41, 5.74) is 3.65. The Morgan fingerprint density at radius 2 is 1.76 bits per heavy atom. The molecule has 0 bridgehead atoms. The molecule has 0 spiro atoms. The maximum Gasteiger partial charge on any atom is 0.175 e. The summed E-state index contributed by atoms with van der Waals surface area (Å²) in [5, 5.41) is 1.04. The van der Waals surface area contributed by atoms with Gasteiger partial charge in [-0.2, -0.15) is 0 Å². The highest BCUT2D eigenvalue weighted by Gasteiger charge is 2.21. The monoisotopic (exact) mass is 435 g/mol. The van der Waals surface area contributed by atoms with Gasteiger partial charge >= 0.3 is 0 Å². The molecule has 3 nitrogen and oxygen atoms in total. The van der Waals surface area contributed by atoms with Crippen LogP contribution in [-0.4, -0.2) is 25.0 Å². The average Bonchev–Trinajstić information content (AvgIpc) is 2.97. The number of aryl methyl sites for hydroxylation is 2. The van der Waals surface area contributed by atoms with E-state index in [0.717, 1.165) is 61.4 Å². The molecule has 0 atom stereocenters. The molecule has 29 heavy (non-hydrogen) atoms. The standard InChI is InChI=1S/C22H23F2NO2S2/c1-29(26,27)18-7-8-22-20(14-18)19-5-2-3-6-21(19)25(22)9-4-10-28-17-12-15(23)11-16(24)13-17/h7-8,11-14H,2-6,9-10H2,1H3. The van der Waals surface area contributed by atoms with Gasteiger partial charge in [0.25, 0.3) is 0 Å². The zero-order valence-electron chi connectivity index (χ0n) is 16.2. The summed E-state index contributed by atoms with van der Waals surface area (Å²) in [4.78, 5) is 0.957. The van der Waals surface area contributed by atoms with Gasteiger partial charge in [-0.15, -0.1) is 11.8 Å². The Kier molecular flexibility index (Phi) is 5.71. The van der Waals surface area contributed by atoms with Gasteiger partial charge in [0.2, 0.25) is 0 Å². The van der Waals surface area contributed by atoms with Gasteiger partial charge in [0, 0.05) is 40.4 Å². The molecule has 0 saturated heterocycles. The van der Waals surface area contributed by atoms with Gasteiger partial charge in [0.15, 0.2) is 9.84 Å². The second-order valence-corrected chi connectivity index (χ2v) is 10.7. The van der Waals surface area contributed by atoms with E-state index in [2.05, 4.69) is 4.57 Å². The molecule has 4 rings (SSSR count). The average molecular weight is 436 g/mol. The van der Waals surface area contributed by atoms with Crippen LogP contribution in [0.25, 0.3) is 10.9 Å². The van der Waals surface area contributed by atoms with Crippen LogP contribution in [0.15, 0.2) is 46.2 Å². The van der Waals surface area contributed by atoms with Crippen LogP contribution in [0.5, 0.6) is 0 Å². The van der Waals surface area contributed by atoms with Gasteiger partial charge in [-0.05, 0) is 73.8 Å². The molecule has 0 N–H and O–H groups in total. The van der Waals surface area contributed by atoms with Gasteiger partial charge < -0.3 is 4.57 Å². The first kappa shape index (κ1) is 20.4. The van der Waals surface area contributed by atoms with Gasteiger partial charge in [-0.3, -0.25) is 0 Å². The van der Waals surface area contributed by atoms with E-state index in [1.165, 1.54) is 41.4 Å². The Balaban J connectivity index is 1.56. The first-order chi connectivity index (χ1) is 13.8. The van der Waals surface area contributed by atoms with Crippen LogP contribution in [0, 0.1) is 11.6 Å². The van der Waals surface area contributed by atoms with Crippen molar-refractivity contribution < 1.29 is 17.2 Å². The third-order valence-electron chi connectivity index (χ3n) is 5.41. The predicted octanol–water partition coefficient (Wildman–Crippen LogP) is 5.38. The van der Waals surface area contributed by atoms with E-state index < -0.39 is 21.5 Å². The van der Waals surface area contributed by atoms with Crippen molar-refractivity contribution in [3.05, 3.63) is 59.3 Å². The van der Waals surface area contributed by atoms with Crippen LogP contribution in [0.1, 0.15) is 30.5 Å². The molecule has 0 aliphatic heterocycles. The highest BCUT2D eigenvalue weighted by molar-refractivity contribution is 7.99. The van der Waals surface area contributed by atoms with E-state index in [9.17, 15) is 17.2 Å². The summed E-state index contributed by atoms with van der Waals surface area (Å²) in [6.45, 7) is 0.800. The fourth-order valence-corrected chi connectivity index (χ4v) is 5.67. The summed E-state index contributed by atoms with van der Waals surface area (Å²) in [6, 6.07) is 9.01. The van der Waals surface area contributed by atoms with Crippen molar-refractivity contribution in [3.63, 3.8) is 0 Å². The number of rotatable bonds is 6. The normalized spacial score (nSPS) is 14.3. The summed E-state index contributed by atoms with van der Waals surface area (Å²) in [6.07, 6.45) is 6.33. The molecule has 1 heterocycles. The van der Waals surface area contributed by atoms with Crippen molar-refractivity contribution in [1.29, 1.82) is 0 Å². The number of hydrogen-bond acceptors (Lipinski definition) is 3. The lowest BCUT2D eigenvalue weighted by atomic mass is 9.95.